The molecule has 1 aliphatic carbocycles. The summed E-state index contributed by atoms with van der Waals surface area (Å²) in [5.74, 6) is 0.683. The molecule has 142 valence electrons. The largest absolute Gasteiger partial charge is 0.492 e. The lowest BCUT2D eigenvalue weighted by atomic mass is 10.1. The number of benzene rings is 2. The maximum atomic E-state index is 12.6. The summed E-state index contributed by atoms with van der Waals surface area (Å²) in [6.07, 6.45) is 2.82. The topological polar surface area (TPSA) is 67.4 Å². The molecular formula is C21H23BrN2O3. The number of nitrogens with one attached hydrogen (secondary N) is 2. The van der Waals surface area contributed by atoms with Gasteiger partial charge in [0.2, 0.25) is 5.91 Å². The van der Waals surface area contributed by atoms with Crippen molar-refractivity contribution in [3.63, 3.8) is 0 Å². The fourth-order valence-corrected chi connectivity index (χ4v) is 3.15. The van der Waals surface area contributed by atoms with E-state index >= 15 is 0 Å². The molecule has 1 aliphatic rings. The number of anilines is 2. The van der Waals surface area contributed by atoms with Crippen molar-refractivity contribution in [3.05, 3.63) is 52.0 Å². The summed E-state index contributed by atoms with van der Waals surface area (Å²) in [6.45, 7) is 4.55. The Morgan fingerprint density at radius 2 is 1.85 bits per heavy atom. The molecule has 0 saturated heterocycles. The third-order valence-corrected chi connectivity index (χ3v) is 5.06. The molecule has 1 saturated carbocycles. The Morgan fingerprint density at radius 3 is 2.48 bits per heavy atom. The first-order valence-electron chi connectivity index (χ1n) is 9.13. The van der Waals surface area contributed by atoms with Crippen LogP contribution < -0.4 is 15.4 Å². The molecule has 3 rings (SSSR count). The van der Waals surface area contributed by atoms with Gasteiger partial charge in [-0.3, -0.25) is 9.59 Å². The van der Waals surface area contributed by atoms with Gasteiger partial charge in [0.25, 0.3) is 5.91 Å². The van der Waals surface area contributed by atoms with Crippen LogP contribution in [0.5, 0.6) is 5.75 Å². The van der Waals surface area contributed by atoms with E-state index < -0.39 is 0 Å². The molecule has 5 nitrogen and oxygen atoms in total. The minimum atomic E-state index is -0.216. The second-order valence-electron chi connectivity index (χ2n) is 6.69. The van der Waals surface area contributed by atoms with Gasteiger partial charge in [-0.1, -0.05) is 13.0 Å². The van der Waals surface area contributed by atoms with Crippen LogP contribution in [0, 0.1) is 12.8 Å². The van der Waals surface area contributed by atoms with Crippen LogP contribution in [0.2, 0.25) is 0 Å². The maximum Gasteiger partial charge on any atom is 0.255 e. The van der Waals surface area contributed by atoms with Gasteiger partial charge >= 0.3 is 0 Å². The normalized spacial score (nSPS) is 13.1. The van der Waals surface area contributed by atoms with E-state index in [2.05, 4.69) is 26.6 Å². The molecule has 0 heterocycles. The van der Waals surface area contributed by atoms with Gasteiger partial charge in [0.05, 0.1) is 11.1 Å². The minimum Gasteiger partial charge on any atom is -0.492 e. The second-order valence-corrected chi connectivity index (χ2v) is 7.54. The molecule has 2 aromatic carbocycles. The summed E-state index contributed by atoms with van der Waals surface area (Å²) in [4.78, 5) is 24.6. The molecule has 0 aliphatic heterocycles. The van der Waals surface area contributed by atoms with Crippen LogP contribution in [0.15, 0.2) is 40.9 Å². The van der Waals surface area contributed by atoms with Crippen molar-refractivity contribution in [3.8, 4) is 5.75 Å². The van der Waals surface area contributed by atoms with Crippen molar-refractivity contribution >= 4 is 39.1 Å². The minimum absolute atomic E-state index is 0.0492. The Hall–Kier alpha value is -2.34. The fraction of sp³-hybridized carbons (Fsp3) is 0.333. The number of rotatable bonds is 7. The van der Waals surface area contributed by atoms with Crippen LogP contribution in [0.1, 0.15) is 42.1 Å². The molecule has 2 N–H and O–H groups in total. The van der Waals surface area contributed by atoms with Crippen LogP contribution in [-0.2, 0) is 4.79 Å². The molecule has 0 bridgehead atoms. The van der Waals surface area contributed by atoms with Gasteiger partial charge < -0.3 is 15.4 Å². The molecule has 1 fully saturated rings. The average Bonchev–Trinajstić information content (AvgIpc) is 3.49. The monoisotopic (exact) mass is 430 g/mol. The zero-order valence-electron chi connectivity index (χ0n) is 15.5. The Kier molecular flexibility index (Phi) is 6.16. The van der Waals surface area contributed by atoms with E-state index in [1.54, 1.807) is 18.2 Å². The zero-order chi connectivity index (χ0) is 19.4. The van der Waals surface area contributed by atoms with Crippen molar-refractivity contribution in [2.45, 2.75) is 33.1 Å². The van der Waals surface area contributed by atoms with E-state index in [-0.39, 0.29) is 17.7 Å². The molecule has 0 atom stereocenters. The second kappa shape index (κ2) is 8.57. The summed E-state index contributed by atoms with van der Waals surface area (Å²) in [5.41, 5.74) is 2.77. The number of ether oxygens (including phenoxy) is 1. The Labute approximate surface area is 167 Å². The summed E-state index contributed by atoms with van der Waals surface area (Å²) in [6, 6.07) is 10.8. The highest BCUT2D eigenvalue weighted by atomic mass is 79.9. The number of hydrogen-bond acceptors (Lipinski definition) is 3. The summed E-state index contributed by atoms with van der Waals surface area (Å²) in [7, 11) is 0. The lowest BCUT2D eigenvalue weighted by Crippen LogP contribution is -2.16. The smallest absolute Gasteiger partial charge is 0.255 e. The van der Waals surface area contributed by atoms with E-state index in [0.29, 0.717) is 17.9 Å². The number of halogens is 1. The Morgan fingerprint density at radius 1 is 1.15 bits per heavy atom. The number of carbonyl (C=O) groups is 2. The van der Waals surface area contributed by atoms with Crippen LogP contribution in [0.3, 0.4) is 0 Å². The quantitative estimate of drug-likeness (QED) is 0.638. The highest BCUT2D eigenvalue weighted by Crippen LogP contribution is 2.32. The highest BCUT2D eigenvalue weighted by molar-refractivity contribution is 9.10. The van der Waals surface area contributed by atoms with Crippen molar-refractivity contribution in [1.29, 1.82) is 0 Å². The molecule has 2 aromatic rings. The Balaban J connectivity index is 1.72. The lowest BCUT2D eigenvalue weighted by molar-refractivity contribution is -0.117. The third kappa shape index (κ3) is 4.89. The number of carbonyl (C=O) groups excluding carboxylic acids is 2. The molecule has 0 unspecified atom stereocenters. The first-order chi connectivity index (χ1) is 13.0. The van der Waals surface area contributed by atoms with Crippen LogP contribution in [0.4, 0.5) is 11.4 Å². The predicted octanol–water partition coefficient (Wildman–Crippen LogP) is 5.15. The van der Waals surface area contributed by atoms with Crippen molar-refractivity contribution in [2.24, 2.45) is 5.92 Å². The van der Waals surface area contributed by atoms with Crippen LogP contribution in [-0.4, -0.2) is 18.4 Å². The van der Waals surface area contributed by atoms with Gasteiger partial charge in [-0.2, -0.15) is 0 Å². The van der Waals surface area contributed by atoms with E-state index in [4.69, 9.17) is 4.74 Å². The van der Waals surface area contributed by atoms with E-state index in [9.17, 15) is 9.59 Å². The zero-order valence-corrected chi connectivity index (χ0v) is 17.1. The molecular weight excluding hydrogens is 408 g/mol. The van der Waals surface area contributed by atoms with Crippen molar-refractivity contribution < 1.29 is 14.3 Å². The molecule has 27 heavy (non-hydrogen) atoms. The van der Waals surface area contributed by atoms with Crippen molar-refractivity contribution in [1.82, 2.24) is 0 Å². The summed E-state index contributed by atoms with van der Waals surface area (Å²) < 4.78 is 6.36. The average molecular weight is 431 g/mol. The van der Waals surface area contributed by atoms with Crippen LogP contribution >= 0.6 is 15.9 Å². The Bertz CT molecular complexity index is 863. The molecule has 0 aromatic heterocycles. The first-order valence-corrected chi connectivity index (χ1v) is 9.93. The van der Waals surface area contributed by atoms with E-state index in [1.165, 1.54) is 0 Å². The first kappa shape index (κ1) is 19.4. The number of hydrogen-bond donors (Lipinski definition) is 2. The maximum absolute atomic E-state index is 12.6. The van der Waals surface area contributed by atoms with E-state index in [0.717, 1.165) is 40.7 Å². The van der Waals surface area contributed by atoms with Crippen LogP contribution in [0.25, 0.3) is 0 Å². The SMILES string of the molecule is CCCOc1ccc(C(=O)Nc2cccc(NC(=O)C3CC3)c2C)cc1Br. The third-order valence-electron chi connectivity index (χ3n) is 4.44. The van der Waals surface area contributed by atoms with E-state index in [1.807, 2.05) is 32.0 Å². The predicted molar refractivity (Wildman–Crippen MR) is 110 cm³/mol. The number of amides is 2. The van der Waals surface area contributed by atoms with Gasteiger partial charge in [-0.15, -0.1) is 0 Å². The van der Waals surface area contributed by atoms with Crippen molar-refractivity contribution in [2.75, 3.05) is 17.2 Å². The lowest BCUT2D eigenvalue weighted by Gasteiger charge is -2.14. The van der Waals surface area contributed by atoms with Gasteiger partial charge in [0.1, 0.15) is 5.75 Å². The molecule has 6 heteroatoms. The van der Waals surface area contributed by atoms with Gasteiger partial charge in [-0.25, -0.2) is 0 Å². The van der Waals surface area contributed by atoms with Gasteiger partial charge in [0.15, 0.2) is 0 Å². The molecule has 0 spiro atoms. The summed E-state index contributed by atoms with van der Waals surface area (Å²) in [5, 5.41) is 5.87. The van der Waals surface area contributed by atoms with Gasteiger partial charge in [0, 0.05) is 22.9 Å². The standard InChI is InChI=1S/C21H23BrN2O3/c1-3-11-27-19-10-9-15(12-16(19)22)21(26)24-18-6-4-5-17(13(18)2)23-20(25)14-7-8-14/h4-6,9-10,12,14H,3,7-8,11H2,1-2H3,(H,23,25)(H,24,26). The summed E-state index contributed by atoms with van der Waals surface area (Å²) >= 11 is 3.45. The molecule has 0 radical (unpaired) electrons. The highest BCUT2D eigenvalue weighted by Gasteiger charge is 2.29. The molecule has 2 amide bonds. The van der Waals surface area contributed by atoms with Gasteiger partial charge in [-0.05, 0) is 78.0 Å². The fourth-order valence-electron chi connectivity index (χ4n) is 2.65.